The lowest BCUT2D eigenvalue weighted by molar-refractivity contribution is 0.0734. The van der Waals surface area contributed by atoms with Gasteiger partial charge in [-0.05, 0) is 97.5 Å². The molecule has 3 aromatic carbocycles. The van der Waals surface area contributed by atoms with Gasteiger partial charge >= 0.3 is 5.97 Å². The Bertz CT molecular complexity index is 1100. The van der Waals surface area contributed by atoms with Crippen molar-refractivity contribution < 1.29 is 14.3 Å². The van der Waals surface area contributed by atoms with Gasteiger partial charge in [-0.2, -0.15) is 0 Å². The molecule has 0 heterocycles. The standard InChI is InChI=1S/C35H44O3/c1-4-6-7-8-9-10-11-12-27-37-33-23-25-34(26-24-33)38-35(36)32-21-19-31(20-22-32)30-17-15-29(16-18-30)14-13-28(3)5-2/h8-9,15-26,28H,4-7,10-14,27H2,1-3H3/b9-8-/t28-/m0/s1. The summed E-state index contributed by atoms with van der Waals surface area (Å²) < 4.78 is 11.4. The Morgan fingerprint density at radius 2 is 1.37 bits per heavy atom. The first-order chi connectivity index (χ1) is 18.6. The van der Waals surface area contributed by atoms with Crippen LogP contribution in [0.25, 0.3) is 11.1 Å². The van der Waals surface area contributed by atoms with Gasteiger partial charge in [-0.1, -0.05) is 88.6 Å². The van der Waals surface area contributed by atoms with Crippen LogP contribution in [0.5, 0.6) is 11.5 Å². The molecule has 0 unspecified atom stereocenters. The van der Waals surface area contributed by atoms with Gasteiger partial charge in [0.2, 0.25) is 0 Å². The smallest absolute Gasteiger partial charge is 0.343 e. The Hall–Kier alpha value is -3.33. The Labute approximate surface area is 229 Å². The largest absolute Gasteiger partial charge is 0.494 e. The van der Waals surface area contributed by atoms with E-state index in [2.05, 4.69) is 57.2 Å². The number of unbranched alkanes of at least 4 members (excludes halogenated alkanes) is 4. The van der Waals surface area contributed by atoms with Gasteiger partial charge in [-0.15, -0.1) is 0 Å². The fourth-order valence-electron chi connectivity index (χ4n) is 4.16. The number of carbonyl (C=O) groups excluding carboxylic acids is 1. The van der Waals surface area contributed by atoms with Crippen LogP contribution in [0.2, 0.25) is 0 Å². The Morgan fingerprint density at radius 3 is 2.00 bits per heavy atom. The van der Waals surface area contributed by atoms with Crippen molar-refractivity contribution in [3.8, 4) is 22.6 Å². The number of aryl methyl sites for hydroxylation is 1. The lowest BCUT2D eigenvalue weighted by atomic mass is 9.97. The normalized spacial score (nSPS) is 12.0. The highest BCUT2D eigenvalue weighted by atomic mass is 16.5. The van der Waals surface area contributed by atoms with Crippen LogP contribution in [0.3, 0.4) is 0 Å². The molecule has 0 aliphatic carbocycles. The first kappa shape index (κ1) is 29.2. The average Bonchev–Trinajstić information content (AvgIpc) is 2.96. The molecule has 0 bridgehead atoms. The summed E-state index contributed by atoms with van der Waals surface area (Å²) in [5.74, 6) is 1.70. The van der Waals surface area contributed by atoms with Crippen molar-refractivity contribution in [1.29, 1.82) is 0 Å². The molecular weight excluding hydrogens is 468 g/mol. The van der Waals surface area contributed by atoms with Crippen LogP contribution in [0.4, 0.5) is 0 Å². The number of carbonyl (C=O) groups is 1. The second-order valence-electron chi connectivity index (χ2n) is 10.1. The third-order valence-electron chi connectivity index (χ3n) is 6.99. The van der Waals surface area contributed by atoms with Crippen molar-refractivity contribution in [3.05, 3.63) is 96.1 Å². The zero-order chi connectivity index (χ0) is 27.0. The van der Waals surface area contributed by atoms with Crippen LogP contribution in [0, 0.1) is 5.92 Å². The van der Waals surface area contributed by atoms with Crippen LogP contribution in [-0.4, -0.2) is 12.6 Å². The molecule has 0 radical (unpaired) electrons. The molecule has 38 heavy (non-hydrogen) atoms. The minimum absolute atomic E-state index is 0.363. The summed E-state index contributed by atoms with van der Waals surface area (Å²) in [6, 6.07) is 23.6. The van der Waals surface area contributed by atoms with E-state index in [1.165, 1.54) is 37.7 Å². The van der Waals surface area contributed by atoms with Crippen LogP contribution >= 0.6 is 0 Å². The molecule has 0 aliphatic heterocycles. The lowest BCUT2D eigenvalue weighted by Gasteiger charge is -2.09. The number of benzene rings is 3. The molecule has 202 valence electrons. The van der Waals surface area contributed by atoms with Crippen molar-refractivity contribution in [3.63, 3.8) is 0 Å². The zero-order valence-corrected chi connectivity index (χ0v) is 23.5. The fraction of sp³-hybridized carbons (Fsp3) is 0.400. The van der Waals surface area contributed by atoms with Crippen LogP contribution in [0.1, 0.15) is 88.1 Å². The molecule has 3 nitrogen and oxygen atoms in total. The van der Waals surface area contributed by atoms with E-state index in [1.54, 1.807) is 12.1 Å². The predicted octanol–water partition coefficient (Wildman–Crippen LogP) is 9.85. The maximum Gasteiger partial charge on any atom is 0.343 e. The van der Waals surface area contributed by atoms with E-state index in [0.717, 1.165) is 48.5 Å². The van der Waals surface area contributed by atoms with Gasteiger partial charge in [0, 0.05) is 0 Å². The topological polar surface area (TPSA) is 35.5 Å². The molecule has 0 saturated heterocycles. The van der Waals surface area contributed by atoms with Crippen molar-refractivity contribution in [2.75, 3.05) is 6.61 Å². The molecule has 0 amide bonds. The van der Waals surface area contributed by atoms with Gasteiger partial charge in [0.25, 0.3) is 0 Å². The number of hydrogen-bond acceptors (Lipinski definition) is 3. The van der Waals surface area contributed by atoms with Gasteiger partial charge in [0.05, 0.1) is 12.2 Å². The van der Waals surface area contributed by atoms with Crippen molar-refractivity contribution in [2.24, 2.45) is 5.92 Å². The minimum atomic E-state index is -0.363. The lowest BCUT2D eigenvalue weighted by Crippen LogP contribution is -2.08. The van der Waals surface area contributed by atoms with Gasteiger partial charge < -0.3 is 9.47 Å². The monoisotopic (exact) mass is 512 g/mol. The van der Waals surface area contributed by atoms with Crippen molar-refractivity contribution >= 4 is 5.97 Å². The molecular formula is C35H44O3. The molecule has 0 fully saturated rings. The van der Waals surface area contributed by atoms with E-state index in [4.69, 9.17) is 9.47 Å². The van der Waals surface area contributed by atoms with Gasteiger partial charge in [-0.3, -0.25) is 0 Å². The van der Waals surface area contributed by atoms with E-state index in [1.807, 2.05) is 36.4 Å². The van der Waals surface area contributed by atoms with Crippen LogP contribution in [0.15, 0.2) is 84.9 Å². The Balaban J connectivity index is 1.42. The Kier molecular flexibility index (Phi) is 12.7. The van der Waals surface area contributed by atoms with E-state index in [-0.39, 0.29) is 5.97 Å². The number of rotatable bonds is 16. The van der Waals surface area contributed by atoms with E-state index < -0.39 is 0 Å². The molecule has 0 saturated carbocycles. The van der Waals surface area contributed by atoms with Crippen LogP contribution in [-0.2, 0) is 6.42 Å². The molecule has 3 aromatic rings. The highest BCUT2D eigenvalue weighted by Crippen LogP contribution is 2.23. The zero-order valence-electron chi connectivity index (χ0n) is 23.5. The molecule has 0 spiro atoms. The Morgan fingerprint density at radius 1 is 0.763 bits per heavy atom. The fourth-order valence-corrected chi connectivity index (χ4v) is 4.16. The number of allylic oxidation sites excluding steroid dienone is 2. The van der Waals surface area contributed by atoms with Gasteiger partial charge in [-0.25, -0.2) is 4.79 Å². The SMILES string of the molecule is CCCC/C=C\CCCCOc1ccc(OC(=O)c2ccc(-c3ccc(CC[C@@H](C)CC)cc3)cc2)cc1. The predicted molar refractivity (Wildman–Crippen MR) is 159 cm³/mol. The summed E-state index contributed by atoms with van der Waals surface area (Å²) in [4.78, 5) is 12.6. The van der Waals surface area contributed by atoms with Crippen molar-refractivity contribution in [2.45, 2.75) is 78.6 Å². The summed E-state index contributed by atoms with van der Waals surface area (Å²) >= 11 is 0. The van der Waals surface area contributed by atoms with Crippen molar-refractivity contribution in [1.82, 2.24) is 0 Å². The maximum absolute atomic E-state index is 12.6. The van der Waals surface area contributed by atoms with Gasteiger partial charge in [0.1, 0.15) is 11.5 Å². The summed E-state index contributed by atoms with van der Waals surface area (Å²) in [6.07, 6.45) is 15.1. The van der Waals surface area contributed by atoms with Gasteiger partial charge in [0.15, 0.2) is 0 Å². The van der Waals surface area contributed by atoms with Crippen LogP contribution < -0.4 is 9.47 Å². The summed E-state index contributed by atoms with van der Waals surface area (Å²) in [6.45, 7) is 7.46. The molecule has 0 aliphatic rings. The minimum Gasteiger partial charge on any atom is -0.494 e. The average molecular weight is 513 g/mol. The number of ether oxygens (including phenoxy) is 2. The number of hydrogen-bond donors (Lipinski definition) is 0. The van der Waals surface area contributed by atoms with E-state index in [0.29, 0.717) is 17.9 Å². The molecule has 0 aromatic heterocycles. The molecule has 3 rings (SSSR count). The third kappa shape index (κ3) is 10.2. The summed E-state index contributed by atoms with van der Waals surface area (Å²) in [5.41, 5.74) is 4.14. The molecule has 0 N–H and O–H groups in total. The third-order valence-corrected chi connectivity index (χ3v) is 6.99. The quantitative estimate of drug-likeness (QED) is 0.0829. The first-order valence-electron chi connectivity index (χ1n) is 14.4. The highest BCUT2D eigenvalue weighted by Gasteiger charge is 2.10. The second kappa shape index (κ2) is 16.5. The molecule has 1 atom stereocenters. The summed E-state index contributed by atoms with van der Waals surface area (Å²) in [5, 5.41) is 0. The number of esters is 1. The first-order valence-corrected chi connectivity index (χ1v) is 14.4. The van der Waals surface area contributed by atoms with E-state index >= 15 is 0 Å². The van der Waals surface area contributed by atoms with E-state index in [9.17, 15) is 4.79 Å². The maximum atomic E-state index is 12.6. The summed E-state index contributed by atoms with van der Waals surface area (Å²) in [7, 11) is 0. The highest BCUT2D eigenvalue weighted by molar-refractivity contribution is 5.91. The molecule has 3 heteroatoms. The second-order valence-corrected chi connectivity index (χ2v) is 10.1.